The number of benzene rings is 2. The monoisotopic (exact) mass is 363 g/mol. The molecule has 2 N–H and O–H groups in total. The molecule has 0 amide bonds. The van der Waals surface area contributed by atoms with Gasteiger partial charge in [-0.2, -0.15) is 10.1 Å². The summed E-state index contributed by atoms with van der Waals surface area (Å²) in [6.45, 7) is 1.50. The van der Waals surface area contributed by atoms with Gasteiger partial charge in [0.05, 0.1) is 24.6 Å². The highest BCUT2D eigenvalue weighted by Gasteiger charge is 2.12. The van der Waals surface area contributed by atoms with Crippen molar-refractivity contribution in [3.63, 3.8) is 0 Å². The molecule has 3 aromatic rings. The van der Waals surface area contributed by atoms with Gasteiger partial charge < -0.3 is 15.4 Å². The van der Waals surface area contributed by atoms with Crippen LogP contribution in [0.5, 0.6) is 0 Å². The van der Waals surface area contributed by atoms with Gasteiger partial charge in [0, 0.05) is 11.3 Å². The van der Waals surface area contributed by atoms with Gasteiger partial charge in [-0.15, -0.1) is 5.10 Å². The molecule has 3 rings (SSSR count). The van der Waals surface area contributed by atoms with Crippen LogP contribution in [0.1, 0.15) is 27.6 Å². The molecule has 0 atom stereocenters. The van der Waals surface area contributed by atoms with Gasteiger partial charge in [-0.25, -0.2) is 4.79 Å². The fraction of sp³-hybridized carbons (Fsp3) is 0.105. The zero-order chi connectivity index (χ0) is 19.2. The Labute approximate surface area is 155 Å². The van der Waals surface area contributed by atoms with Gasteiger partial charge in [0.1, 0.15) is 0 Å². The zero-order valence-corrected chi connectivity index (χ0v) is 14.8. The molecule has 0 bridgehead atoms. The Morgan fingerprint density at radius 3 is 2.63 bits per heavy atom. The number of methoxy groups -OCH3 is 1. The normalized spacial score (nSPS) is 10.1. The molecule has 0 aliphatic carbocycles. The van der Waals surface area contributed by atoms with E-state index in [1.54, 1.807) is 48.5 Å². The maximum absolute atomic E-state index is 11.9. The molecular weight excluding hydrogens is 346 g/mol. The zero-order valence-electron chi connectivity index (χ0n) is 14.8. The summed E-state index contributed by atoms with van der Waals surface area (Å²) in [5.74, 6) is 0.148. The second-order valence-corrected chi connectivity index (χ2v) is 5.59. The van der Waals surface area contributed by atoms with E-state index in [1.807, 2.05) is 0 Å². The molecule has 0 fully saturated rings. The van der Waals surface area contributed by atoms with E-state index in [1.165, 1.54) is 20.2 Å². The van der Waals surface area contributed by atoms with Crippen LogP contribution in [-0.4, -0.2) is 34.0 Å². The summed E-state index contributed by atoms with van der Waals surface area (Å²) in [7, 11) is 1.32. The molecule has 1 heterocycles. The molecule has 27 heavy (non-hydrogen) atoms. The minimum atomic E-state index is -0.459. The number of nitrogens with zero attached hydrogens (tertiary/aromatic N) is 3. The average Bonchev–Trinajstić information content (AvgIpc) is 2.68. The van der Waals surface area contributed by atoms with Crippen LogP contribution in [0.25, 0.3) is 0 Å². The van der Waals surface area contributed by atoms with Crippen molar-refractivity contribution in [3.8, 4) is 0 Å². The van der Waals surface area contributed by atoms with Gasteiger partial charge in [-0.3, -0.25) is 4.79 Å². The largest absolute Gasteiger partial charge is 0.465 e. The summed E-state index contributed by atoms with van der Waals surface area (Å²) < 4.78 is 4.78. The summed E-state index contributed by atoms with van der Waals surface area (Å²) in [4.78, 5) is 27.7. The van der Waals surface area contributed by atoms with Crippen molar-refractivity contribution < 1.29 is 14.3 Å². The second-order valence-electron chi connectivity index (χ2n) is 5.59. The number of esters is 1. The van der Waals surface area contributed by atoms with E-state index in [4.69, 9.17) is 4.74 Å². The number of rotatable bonds is 6. The lowest BCUT2D eigenvalue weighted by molar-refractivity contribution is 0.0601. The molecule has 0 aliphatic rings. The molecule has 0 spiro atoms. The molecule has 8 heteroatoms. The fourth-order valence-corrected chi connectivity index (χ4v) is 2.38. The van der Waals surface area contributed by atoms with Crippen LogP contribution in [0.15, 0.2) is 54.7 Å². The van der Waals surface area contributed by atoms with E-state index in [9.17, 15) is 9.59 Å². The SMILES string of the molecule is COC(=O)c1ccccc1Nc1cnnc(Nc2cccc(C(C)=O)c2)n1. The Morgan fingerprint density at radius 2 is 1.85 bits per heavy atom. The lowest BCUT2D eigenvalue weighted by Crippen LogP contribution is -2.07. The second kappa shape index (κ2) is 8.05. The van der Waals surface area contributed by atoms with E-state index in [2.05, 4.69) is 25.8 Å². The number of ketones is 1. The molecule has 0 saturated carbocycles. The Morgan fingerprint density at radius 1 is 1.04 bits per heavy atom. The van der Waals surface area contributed by atoms with Crippen molar-refractivity contribution in [1.82, 2.24) is 15.2 Å². The first-order valence-corrected chi connectivity index (χ1v) is 8.09. The third kappa shape index (κ3) is 4.43. The molecule has 2 aromatic carbocycles. The highest BCUT2D eigenvalue weighted by molar-refractivity contribution is 5.96. The Kier molecular flexibility index (Phi) is 5.36. The minimum Gasteiger partial charge on any atom is -0.465 e. The summed E-state index contributed by atoms with van der Waals surface area (Å²) in [6.07, 6.45) is 1.44. The smallest absolute Gasteiger partial charge is 0.339 e. The molecule has 8 nitrogen and oxygen atoms in total. The minimum absolute atomic E-state index is 0.0347. The lowest BCUT2D eigenvalue weighted by atomic mass is 10.1. The Bertz CT molecular complexity index is 990. The fourth-order valence-electron chi connectivity index (χ4n) is 2.38. The number of hydrogen-bond donors (Lipinski definition) is 2. The predicted octanol–water partition coefficient (Wildman–Crippen LogP) is 3.35. The third-order valence-corrected chi connectivity index (χ3v) is 3.68. The first-order chi connectivity index (χ1) is 13.1. The van der Waals surface area contributed by atoms with Gasteiger partial charge in [0.25, 0.3) is 0 Å². The van der Waals surface area contributed by atoms with E-state index in [0.717, 1.165) is 0 Å². The van der Waals surface area contributed by atoms with Crippen LogP contribution >= 0.6 is 0 Å². The number of ether oxygens (including phenoxy) is 1. The molecule has 1 aromatic heterocycles. The van der Waals surface area contributed by atoms with Crippen LogP contribution in [0, 0.1) is 0 Å². The third-order valence-electron chi connectivity index (χ3n) is 3.68. The predicted molar refractivity (Wildman–Crippen MR) is 101 cm³/mol. The van der Waals surface area contributed by atoms with Crippen LogP contribution in [0.3, 0.4) is 0 Å². The van der Waals surface area contributed by atoms with Gasteiger partial charge in [0.2, 0.25) is 5.95 Å². The number of carbonyl (C=O) groups excluding carboxylic acids is 2. The van der Waals surface area contributed by atoms with Crippen molar-refractivity contribution in [2.45, 2.75) is 6.92 Å². The first kappa shape index (κ1) is 18.0. The summed E-state index contributed by atoms with van der Waals surface area (Å²) in [5.41, 5.74) is 2.16. The van der Waals surface area contributed by atoms with E-state index < -0.39 is 5.97 Å². The van der Waals surface area contributed by atoms with E-state index in [-0.39, 0.29) is 11.7 Å². The number of aromatic nitrogens is 3. The summed E-state index contributed by atoms with van der Waals surface area (Å²) >= 11 is 0. The van der Waals surface area contributed by atoms with Gasteiger partial charge >= 0.3 is 5.97 Å². The number of hydrogen-bond acceptors (Lipinski definition) is 8. The van der Waals surface area contributed by atoms with Gasteiger partial charge in [0.15, 0.2) is 11.6 Å². The van der Waals surface area contributed by atoms with E-state index in [0.29, 0.717) is 28.3 Å². The molecule has 0 aliphatic heterocycles. The van der Waals surface area contributed by atoms with Crippen LogP contribution in [0.2, 0.25) is 0 Å². The standard InChI is InChI=1S/C19H17N5O3/c1-12(25)13-6-5-7-14(10-13)21-19-23-17(11-20-24-19)22-16-9-4-3-8-15(16)18(26)27-2/h3-11H,1-2H3,(H2,21,22,23,24). The van der Waals surface area contributed by atoms with Gasteiger partial charge in [-0.1, -0.05) is 24.3 Å². The Hall–Kier alpha value is -3.81. The van der Waals surface area contributed by atoms with Crippen LogP contribution < -0.4 is 10.6 Å². The lowest BCUT2D eigenvalue weighted by Gasteiger charge is -2.11. The topological polar surface area (TPSA) is 106 Å². The van der Waals surface area contributed by atoms with E-state index >= 15 is 0 Å². The quantitative estimate of drug-likeness (QED) is 0.507. The molecule has 0 unspecified atom stereocenters. The van der Waals surface area contributed by atoms with Gasteiger partial charge in [-0.05, 0) is 31.2 Å². The number of anilines is 4. The summed E-state index contributed by atoms with van der Waals surface area (Å²) in [5, 5.41) is 13.9. The Balaban J connectivity index is 1.82. The first-order valence-electron chi connectivity index (χ1n) is 8.09. The van der Waals surface area contributed by atoms with Crippen molar-refractivity contribution in [2.75, 3.05) is 17.7 Å². The maximum Gasteiger partial charge on any atom is 0.339 e. The molecule has 0 radical (unpaired) electrons. The van der Waals surface area contributed by atoms with Crippen LogP contribution in [-0.2, 0) is 4.74 Å². The van der Waals surface area contributed by atoms with Crippen molar-refractivity contribution in [3.05, 3.63) is 65.9 Å². The average molecular weight is 363 g/mol. The summed E-state index contributed by atoms with van der Waals surface area (Å²) in [6, 6.07) is 13.9. The van der Waals surface area contributed by atoms with Crippen molar-refractivity contribution in [2.24, 2.45) is 0 Å². The molecular formula is C19H17N5O3. The number of carbonyl (C=O) groups is 2. The highest BCUT2D eigenvalue weighted by atomic mass is 16.5. The van der Waals surface area contributed by atoms with Crippen molar-refractivity contribution >= 4 is 34.9 Å². The molecule has 0 saturated heterocycles. The number of para-hydroxylation sites is 1. The molecule has 136 valence electrons. The van der Waals surface area contributed by atoms with Crippen LogP contribution in [0.4, 0.5) is 23.1 Å². The van der Waals surface area contributed by atoms with Crippen molar-refractivity contribution in [1.29, 1.82) is 0 Å². The number of nitrogens with one attached hydrogen (secondary N) is 2. The number of Topliss-reactive ketones (excluding diaryl/α,β-unsaturated/α-hetero) is 1. The highest BCUT2D eigenvalue weighted by Crippen LogP contribution is 2.21. The maximum atomic E-state index is 11.9.